The monoisotopic (exact) mass is 310 g/mol. The van der Waals surface area contributed by atoms with E-state index in [0.717, 1.165) is 12.8 Å². The summed E-state index contributed by atoms with van der Waals surface area (Å²) in [6.07, 6.45) is 2.35. The highest BCUT2D eigenvalue weighted by molar-refractivity contribution is 6.32. The molecule has 2 rings (SSSR count). The van der Waals surface area contributed by atoms with Gasteiger partial charge >= 0.3 is 0 Å². The van der Waals surface area contributed by atoms with Crippen LogP contribution in [-0.4, -0.2) is 36.4 Å². The molecule has 0 atom stereocenters. The van der Waals surface area contributed by atoms with E-state index >= 15 is 0 Å². The summed E-state index contributed by atoms with van der Waals surface area (Å²) in [6.45, 7) is 2.00. The molecule has 1 saturated carbocycles. The number of carbonyl (C=O) groups is 2. The lowest BCUT2D eigenvalue weighted by Gasteiger charge is -2.20. The zero-order valence-corrected chi connectivity index (χ0v) is 12.9. The van der Waals surface area contributed by atoms with Crippen LogP contribution in [-0.2, 0) is 9.59 Å². The van der Waals surface area contributed by atoms with Gasteiger partial charge in [0.25, 0.3) is 0 Å². The average molecular weight is 311 g/mol. The van der Waals surface area contributed by atoms with Crippen LogP contribution in [0.4, 0.5) is 5.69 Å². The molecule has 1 aromatic rings. The average Bonchev–Trinajstić information content (AvgIpc) is 3.23. The maximum absolute atomic E-state index is 11.9. The van der Waals surface area contributed by atoms with Crippen LogP contribution >= 0.6 is 11.6 Å². The number of hydrogen-bond donors (Lipinski definition) is 1. The smallest absolute Gasteiger partial charge is 0.226 e. The Morgan fingerprint density at radius 3 is 2.67 bits per heavy atom. The summed E-state index contributed by atoms with van der Waals surface area (Å²) in [4.78, 5) is 25.2. The van der Waals surface area contributed by atoms with Crippen LogP contribution < -0.4 is 10.1 Å². The molecule has 0 bridgehead atoms. The van der Waals surface area contributed by atoms with Crippen molar-refractivity contribution >= 4 is 29.1 Å². The highest BCUT2D eigenvalue weighted by Gasteiger charge is 2.30. The van der Waals surface area contributed by atoms with E-state index in [1.165, 1.54) is 7.11 Å². The Morgan fingerprint density at radius 1 is 1.43 bits per heavy atom. The molecule has 6 heteroatoms. The second-order valence-electron chi connectivity index (χ2n) is 5.09. The van der Waals surface area contributed by atoms with Crippen molar-refractivity contribution in [3.8, 4) is 5.75 Å². The van der Waals surface area contributed by atoms with Crippen molar-refractivity contribution in [3.05, 3.63) is 23.2 Å². The van der Waals surface area contributed by atoms with Crippen molar-refractivity contribution in [2.75, 3.05) is 19.0 Å². The van der Waals surface area contributed by atoms with Crippen molar-refractivity contribution in [1.29, 1.82) is 0 Å². The summed E-state index contributed by atoms with van der Waals surface area (Å²) in [5.74, 6) is 0.451. The normalized spacial score (nSPS) is 13.7. The van der Waals surface area contributed by atoms with Crippen molar-refractivity contribution < 1.29 is 14.3 Å². The second-order valence-corrected chi connectivity index (χ2v) is 5.50. The van der Waals surface area contributed by atoms with Crippen molar-refractivity contribution in [3.63, 3.8) is 0 Å². The van der Waals surface area contributed by atoms with Gasteiger partial charge in [-0.1, -0.05) is 11.6 Å². The largest absolute Gasteiger partial charge is 0.495 e. The molecule has 1 fully saturated rings. The molecule has 0 aromatic heterocycles. The quantitative estimate of drug-likeness (QED) is 0.879. The molecule has 21 heavy (non-hydrogen) atoms. The van der Waals surface area contributed by atoms with Gasteiger partial charge in [-0.15, -0.1) is 0 Å². The number of rotatable bonds is 6. The van der Waals surface area contributed by atoms with E-state index in [4.69, 9.17) is 16.3 Å². The number of hydrogen-bond acceptors (Lipinski definition) is 3. The number of halogens is 1. The van der Waals surface area contributed by atoms with Gasteiger partial charge in [0.15, 0.2) is 0 Å². The van der Waals surface area contributed by atoms with E-state index in [-0.39, 0.29) is 18.2 Å². The third-order valence-electron chi connectivity index (χ3n) is 3.41. The van der Waals surface area contributed by atoms with Crippen LogP contribution in [0.5, 0.6) is 5.75 Å². The first-order chi connectivity index (χ1) is 10.0. The van der Waals surface area contributed by atoms with Gasteiger partial charge in [0.05, 0.1) is 12.1 Å². The first-order valence-electron chi connectivity index (χ1n) is 6.92. The summed E-state index contributed by atoms with van der Waals surface area (Å²) >= 11 is 6.00. The number of ether oxygens (including phenoxy) is 1. The topological polar surface area (TPSA) is 58.6 Å². The fraction of sp³-hybridized carbons (Fsp3) is 0.467. The molecule has 0 heterocycles. The molecule has 114 valence electrons. The van der Waals surface area contributed by atoms with Gasteiger partial charge in [0.2, 0.25) is 11.8 Å². The number of carbonyl (C=O) groups excluding carboxylic acids is 2. The molecule has 0 unspecified atom stereocenters. The number of nitrogens with one attached hydrogen (secondary N) is 1. The van der Waals surface area contributed by atoms with Crippen molar-refractivity contribution in [1.82, 2.24) is 4.90 Å². The number of amides is 2. The first kappa shape index (κ1) is 15.6. The molecule has 5 nitrogen and oxygen atoms in total. The summed E-state index contributed by atoms with van der Waals surface area (Å²) < 4.78 is 5.05. The van der Waals surface area contributed by atoms with Crippen LogP contribution in [0, 0.1) is 0 Å². The minimum atomic E-state index is -0.136. The molecule has 1 aliphatic rings. The summed E-state index contributed by atoms with van der Waals surface area (Å²) in [5.41, 5.74) is 0.617. The molecule has 2 amide bonds. The minimum Gasteiger partial charge on any atom is -0.495 e. The Balaban J connectivity index is 1.86. The molecule has 0 aliphatic heterocycles. The Bertz CT molecular complexity index is 544. The van der Waals surface area contributed by atoms with E-state index in [9.17, 15) is 9.59 Å². The maximum Gasteiger partial charge on any atom is 0.226 e. The van der Waals surface area contributed by atoms with Gasteiger partial charge in [-0.2, -0.15) is 0 Å². The van der Waals surface area contributed by atoms with E-state index in [0.29, 0.717) is 29.0 Å². The van der Waals surface area contributed by atoms with Crippen molar-refractivity contribution in [2.45, 2.75) is 32.2 Å². The Labute approximate surface area is 129 Å². The maximum atomic E-state index is 11.9. The van der Waals surface area contributed by atoms with E-state index in [1.54, 1.807) is 30.0 Å². The molecule has 1 N–H and O–H groups in total. The third-order valence-corrected chi connectivity index (χ3v) is 3.70. The number of nitrogens with zero attached hydrogens (tertiary/aromatic N) is 1. The van der Waals surface area contributed by atoms with Gasteiger partial charge in [-0.25, -0.2) is 0 Å². The fourth-order valence-corrected chi connectivity index (χ4v) is 2.43. The zero-order valence-electron chi connectivity index (χ0n) is 12.2. The zero-order chi connectivity index (χ0) is 15.4. The molecule has 0 spiro atoms. The van der Waals surface area contributed by atoms with Gasteiger partial charge in [0.1, 0.15) is 5.75 Å². The summed E-state index contributed by atoms with van der Waals surface area (Å²) in [7, 11) is 1.54. The molecule has 0 saturated heterocycles. The van der Waals surface area contributed by atoms with E-state index < -0.39 is 0 Å². The van der Waals surface area contributed by atoms with E-state index in [2.05, 4.69) is 5.32 Å². The third kappa shape index (κ3) is 4.36. The lowest BCUT2D eigenvalue weighted by atomic mass is 10.2. The van der Waals surface area contributed by atoms with Crippen LogP contribution in [0.15, 0.2) is 18.2 Å². The summed E-state index contributed by atoms with van der Waals surface area (Å²) in [5, 5.41) is 3.21. The lowest BCUT2D eigenvalue weighted by molar-refractivity contribution is -0.129. The molecule has 0 radical (unpaired) electrons. The predicted molar refractivity (Wildman–Crippen MR) is 81.7 cm³/mol. The van der Waals surface area contributed by atoms with Crippen LogP contribution in [0.2, 0.25) is 5.02 Å². The van der Waals surface area contributed by atoms with E-state index in [1.807, 2.05) is 0 Å². The minimum absolute atomic E-state index is 0.0257. The summed E-state index contributed by atoms with van der Waals surface area (Å²) in [6, 6.07) is 5.39. The van der Waals surface area contributed by atoms with Crippen LogP contribution in [0.1, 0.15) is 26.2 Å². The number of anilines is 1. The first-order valence-corrected chi connectivity index (χ1v) is 7.29. The fourth-order valence-electron chi connectivity index (χ4n) is 2.17. The predicted octanol–water partition coefficient (Wildman–Crippen LogP) is 2.69. The van der Waals surface area contributed by atoms with Crippen LogP contribution in [0.25, 0.3) is 0 Å². The number of methoxy groups -OCH3 is 1. The van der Waals surface area contributed by atoms with Gasteiger partial charge in [0, 0.05) is 31.6 Å². The lowest BCUT2D eigenvalue weighted by Crippen LogP contribution is -2.33. The number of benzene rings is 1. The molecular formula is C15H19ClN2O3. The molecular weight excluding hydrogens is 292 g/mol. The Hall–Kier alpha value is -1.75. The van der Waals surface area contributed by atoms with Gasteiger partial charge in [-0.05, 0) is 31.0 Å². The molecule has 1 aromatic carbocycles. The van der Waals surface area contributed by atoms with Crippen molar-refractivity contribution in [2.24, 2.45) is 0 Å². The van der Waals surface area contributed by atoms with Gasteiger partial charge < -0.3 is 15.0 Å². The Kier molecular flexibility index (Phi) is 5.07. The Morgan fingerprint density at radius 2 is 2.14 bits per heavy atom. The van der Waals surface area contributed by atoms with Crippen LogP contribution in [0.3, 0.4) is 0 Å². The second kappa shape index (κ2) is 6.80. The standard InChI is InChI=1S/C15H19ClN2O3/c1-10(19)18(12-4-5-12)8-7-15(20)17-11-3-6-14(21-2)13(16)9-11/h3,6,9,12H,4-5,7-8H2,1-2H3,(H,17,20). The molecule has 1 aliphatic carbocycles. The highest BCUT2D eigenvalue weighted by atomic mass is 35.5. The highest BCUT2D eigenvalue weighted by Crippen LogP contribution is 2.28. The SMILES string of the molecule is COc1ccc(NC(=O)CCN(C(C)=O)C2CC2)cc1Cl. The van der Waals surface area contributed by atoms with Gasteiger partial charge in [-0.3, -0.25) is 9.59 Å².